The zero-order valence-corrected chi connectivity index (χ0v) is 18.3. The van der Waals surface area contributed by atoms with Gasteiger partial charge in [0.1, 0.15) is 0 Å². The number of carbonyl (C=O) groups is 1. The Hall–Kier alpha value is -1.97. The molecule has 2 fully saturated rings. The minimum Gasteiger partial charge on any atom is -0.479 e. The van der Waals surface area contributed by atoms with E-state index < -0.39 is 0 Å². The number of fused-ring (bicyclic) bond motifs is 1. The first kappa shape index (κ1) is 21.7. The number of aryl methyl sites for hydroxylation is 1. The summed E-state index contributed by atoms with van der Waals surface area (Å²) in [6.45, 7) is 10.7. The topological polar surface area (TPSA) is 41.6 Å². The van der Waals surface area contributed by atoms with Gasteiger partial charge < -0.3 is 15.0 Å². The molecule has 2 atom stereocenters. The Bertz CT molecular complexity index is 711. The third-order valence-electron chi connectivity index (χ3n) is 6.59. The molecular formula is C25H42N2O2. The van der Waals surface area contributed by atoms with E-state index in [1.54, 1.807) is 0 Å². The van der Waals surface area contributed by atoms with Crippen molar-refractivity contribution in [3.05, 3.63) is 41.8 Å². The molecule has 0 spiro atoms. The highest BCUT2D eigenvalue weighted by Gasteiger charge is 2.33. The summed E-state index contributed by atoms with van der Waals surface area (Å²) < 4.78 is 5.67. The van der Waals surface area contributed by atoms with Crippen LogP contribution in [0.3, 0.4) is 0 Å². The minimum atomic E-state index is 0. The summed E-state index contributed by atoms with van der Waals surface area (Å²) in [6.07, 6.45) is 11.2. The lowest BCUT2D eigenvalue weighted by atomic mass is 9.75. The fraction of sp³-hybridized carbons (Fsp3) is 0.640. The maximum Gasteiger partial charge on any atom is 0.254 e. The van der Waals surface area contributed by atoms with Crippen LogP contribution in [-0.2, 0) is 4.74 Å². The van der Waals surface area contributed by atoms with Crippen molar-refractivity contribution in [3.63, 3.8) is 0 Å². The van der Waals surface area contributed by atoms with Crippen LogP contribution >= 0.6 is 0 Å². The van der Waals surface area contributed by atoms with Gasteiger partial charge in [0.25, 0.3) is 5.91 Å². The van der Waals surface area contributed by atoms with E-state index >= 15 is 0 Å². The molecular weight excluding hydrogens is 360 g/mol. The zero-order chi connectivity index (χ0) is 20.6. The fourth-order valence-electron chi connectivity index (χ4n) is 4.86. The number of piperidine rings is 1. The number of nitrogens with zero attached hydrogens (tertiary/aromatic N) is 1. The van der Waals surface area contributed by atoms with Crippen LogP contribution in [0.2, 0.25) is 0 Å². The summed E-state index contributed by atoms with van der Waals surface area (Å²) >= 11 is 0. The van der Waals surface area contributed by atoms with Crippen LogP contribution in [0.5, 0.6) is 0 Å². The first-order valence-electron chi connectivity index (χ1n) is 11.6. The third-order valence-corrected chi connectivity index (χ3v) is 6.59. The number of unbranched alkanes of at least 4 members (excludes halogenated alkanes) is 3. The summed E-state index contributed by atoms with van der Waals surface area (Å²) in [6, 6.07) is 5.92. The molecule has 1 heterocycles. The Morgan fingerprint density at radius 1 is 1.21 bits per heavy atom. The fourth-order valence-corrected chi connectivity index (χ4v) is 4.86. The van der Waals surface area contributed by atoms with Crippen molar-refractivity contribution in [2.24, 2.45) is 11.8 Å². The number of benzene rings is 1. The molecule has 2 unspecified atom stereocenters. The van der Waals surface area contributed by atoms with Crippen LogP contribution in [0.4, 0.5) is 5.69 Å². The summed E-state index contributed by atoms with van der Waals surface area (Å²) in [4.78, 5) is 15.2. The molecule has 1 N–H and O–H groups in total. The summed E-state index contributed by atoms with van der Waals surface area (Å²) in [5, 5.41) is 3.21. The van der Waals surface area contributed by atoms with Crippen LogP contribution in [0.15, 0.2) is 30.7 Å². The van der Waals surface area contributed by atoms with Crippen LogP contribution in [0.25, 0.3) is 0 Å². The molecule has 2 aliphatic rings. The Morgan fingerprint density at radius 3 is 2.76 bits per heavy atom. The van der Waals surface area contributed by atoms with E-state index in [-0.39, 0.29) is 8.76 Å². The van der Waals surface area contributed by atoms with Crippen LogP contribution < -0.4 is 5.32 Å². The second-order valence-corrected chi connectivity index (χ2v) is 8.83. The second kappa shape index (κ2) is 10.7. The van der Waals surface area contributed by atoms with E-state index in [0.717, 1.165) is 42.2 Å². The maximum atomic E-state index is 13.1. The van der Waals surface area contributed by atoms with E-state index in [9.17, 15) is 4.79 Å². The molecule has 0 aromatic heterocycles. The van der Waals surface area contributed by atoms with Crippen molar-refractivity contribution in [2.45, 2.75) is 71.6 Å². The second-order valence-electron chi connectivity index (χ2n) is 8.83. The van der Waals surface area contributed by atoms with Crippen molar-refractivity contribution in [3.8, 4) is 0 Å². The SMILES string of the molecule is C=C(Nc1ccc(C(=O)N2CCC3CCCCC3C2)c(C)c1)OCCCCCC.[HH].[HH]. The maximum absolute atomic E-state index is 13.1. The normalized spacial score (nSPS) is 21.4. The summed E-state index contributed by atoms with van der Waals surface area (Å²) in [5.41, 5.74) is 2.74. The number of carbonyl (C=O) groups excluding carboxylic acids is 1. The highest BCUT2D eigenvalue weighted by molar-refractivity contribution is 5.96. The number of hydrogen-bond acceptors (Lipinski definition) is 3. The number of anilines is 1. The highest BCUT2D eigenvalue weighted by Crippen LogP contribution is 2.36. The van der Waals surface area contributed by atoms with Gasteiger partial charge in [0.2, 0.25) is 0 Å². The molecule has 1 aliphatic carbocycles. The van der Waals surface area contributed by atoms with Gasteiger partial charge in [0.05, 0.1) is 6.61 Å². The van der Waals surface area contributed by atoms with E-state index in [4.69, 9.17) is 4.74 Å². The third kappa shape index (κ3) is 6.01. The van der Waals surface area contributed by atoms with Crippen molar-refractivity contribution >= 4 is 11.6 Å². The monoisotopic (exact) mass is 402 g/mol. The molecule has 4 nitrogen and oxygen atoms in total. The first-order valence-corrected chi connectivity index (χ1v) is 11.6. The van der Waals surface area contributed by atoms with E-state index in [1.807, 2.05) is 25.1 Å². The van der Waals surface area contributed by atoms with Crippen molar-refractivity contribution in [1.29, 1.82) is 0 Å². The quantitative estimate of drug-likeness (QED) is 0.373. The smallest absolute Gasteiger partial charge is 0.254 e. The molecule has 1 aliphatic heterocycles. The largest absolute Gasteiger partial charge is 0.479 e. The predicted molar refractivity (Wildman–Crippen MR) is 124 cm³/mol. The first-order chi connectivity index (χ1) is 14.1. The van der Waals surface area contributed by atoms with Gasteiger partial charge in [0, 0.05) is 27.2 Å². The average Bonchev–Trinajstić information content (AvgIpc) is 2.73. The van der Waals surface area contributed by atoms with E-state index in [0.29, 0.717) is 18.4 Å². The average molecular weight is 403 g/mol. The Balaban J connectivity index is 0.00000240. The molecule has 1 amide bonds. The summed E-state index contributed by atoms with van der Waals surface area (Å²) in [7, 11) is 0. The molecule has 164 valence electrons. The van der Waals surface area contributed by atoms with Gasteiger partial charge in [-0.25, -0.2) is 0 Å². The Morgan fingerprint density at radius 2 is 2.00 bits per heavy atom. The van der Waals surface area contributed by atoms with Crippen molar-refractivity contribution in [2.75, 3.05) is 25.0 Å². The van der Waals surface area contributed by atoms with Gasteiger partial charge in [-0.2, -0.15) is 0 Å². The van der Waals surface area contributed by atoms with Crippen LogP contribution in [0, 0.1) is 18.8 Å². The van der Waals surface area contributed by atoms with Gasteiger partial charge in [-0.3, -0.25) is 4.79 Å². The molecule has 3 rings (SSSR count). The lowest BCUT2D eigenvalue weighted by molar-refractivity contribution is 0.0520. The van der Waals surface area contributed by atoms with Gasteiger partial charge in [-0.05, 0) is 68.4 Å². The minimum absolute atomic E-state index is 0. The molecule has 1 saturated carbocycles. The Kier molecular flexibility index (Phi) is 8.02. The standard InChI is InChI=1S/C25H38N2O2.2H2/c1-4-5-6-9-16-29-20(3)26-23-12-13-24(19(2)17-23)25(28)27-15-14-21-10-7-8-11-22(21)18-27;;/h12-13,17,21-22,26H,3-11,14-16,18H2,1-2H3;2*1H. The molecule has 1 saturated heterocycles. The van der Waals surface area contributed by atoms with Crippen LogP contribution in [-0.4, -0.2) is 30.5 Å². The van der Waals surface area contributed by atoms with Gasteiger partial charge >= 0.3 is 0 Å². The predicted octanol–water partition coefficient (Wildman–Crippen LogP) is 6.62. The highest BCUT2D eigenvalue weighted by atomic mass is 16.5. The number of likely N-dealkylation sites (tertiary alicyclic amines) is 1. The lowest BCUT2D eigenvalue weighted by Crippen LogP contribution is -2.44. The number of nitrogens with one attached hydrogen (secondary N) is 1. The molecule has 0 radical (unpaired) electrons. The number of hydrogen-bond donors (Lipinski definition) is 1. The molecule has 1 aromatic rings. The molecule has 29 heavy (non-hydrogen) atoms. The van der Waals surface area contributed by atoms with E-state index in [2.05, 4.69) is 23.7 Å². The number of rotatable bonds is 9. The number of amides is 1. The number of ether oxygens (including phenoxy) is 1. The van der Waals surface area contributed by atoms with Crippen molar-refractivity contribution < 1.29 is 12.4 Å². The van der Waals surface area contributed by atoms with Crippen molar-refractivity contribution in [1.82, 2.24) is 4.90 Å². The lowest BCUT2D eigenvalue weighted by Gasteiger charge is -2.41. The Labute approximate surface area is 179 Å². The zero-order valence-electron chi connectivity index (χ0n) is 18.3. The molecule has 4 heteroatoms. The van der Waals surface area contributed by atoms with Crippen LogP contribution in [0.1, 0.15) is 83.5 Å². The summed E-state index contributed by atoms with van der Waals surface area (Å²) in [5.74, 6) is 2.30. The van der Waals surface area contributed by atoms with Gasteiger partial charge in [-0.1, -0.05) is 45.4 Å². The van der Waals surface area contributed by atoms with Gasteiger partial charge in [-0.15, -0.1) is 0 Å². The molecule has 0 bridgehead atoms. The van der Waals surface area contributed by atoms with Gasteiger partial charge in [0.15, 0.2) is 5.88 Å². The van der Waals surface area contributed by atoms with E-state index in [1.165, 1.54) is 51.4 Å². The molecule has 1 aromatic carbocycles.